The van der Waals surface area contributed by atoms with Crippen molar-refractivity contribution in [3.8, 4) is 0 Å². The molecule has 0 saturated heterocycles. The van der Waals surface area contributed by atoms with Crippen molar-refractivity contribution < 1.29 is 9.53 Å². The summed E-state index contributed by atoms with van der Waals surface area (Å²) in [4.78, 5) is 20.3. The van der Waals surface area contributed by atoms with Crippen molar-refractivity contribution in [2.75, 3.05) is 39.4 Å². The highest BCUT2D eigenvalue weighted by molar-refractivity contribution is 14.0. The van der Waals surface area contributed by atoms with E-state index in [-0.39, 0.29) is 29.9 Å². The van der Waals surface area contributed by atoms with Gasteiger partial charge in [0.15, 0.2) is 5.96 Å². The lowest BCUT2D eigenvalue weighted by Crippen LogP contribution is -2.41. The predicted molar refractivity (Wildman–Crippen MR) is 116 cm³/mol. The Morgan fingerprint density at radius 3 is 2.69 bits per heavy atom. The normalized spacial score (nSPS) is 11.0. The maximum absolute atomic E-state index is 11.9. The number of nitrogens with zero attached hydrogens (tertiary/aromatic N) is 2. The number of aliphatic imine (C=N–C) groups is 1. The van der Waals surface area contributed by atoms with Crippen molar-refractivity contribution in [1.29, 1.82) is 0 Å². The molecule has 7 nitrogen and oxygen atoms in total. The maximum atomic E-state index is 11.9. The molecule has 0 spiro atoms. The third-order valence-corrected chi connectivity index (χ3v) is 3.14. The molecule has 0 unspecified atom stereocenters. The number of halogens is 1. The summed E-state index contributed by atoms with van der Waals surface area (Å²) >= 11 is 0. The fourth-order valence-electron chi connectivity index (χ4n) is 1.97. The second-order valence-electron chi connectivity index (χ2n) is 6.01. The average molecular weight is 477 g/mol. The molecule has 3 N–H and O–H groups in total. The molecule has 1 amide bonds. The Morgan fingerprint density at radius 2 is 2.04 bits per heavy atom. The van der Waals surface area contributed by atoms with E-state index in [1.165, 1.54) is 0 Å². The first-order valence-electron chi connectivity index (χ1n) is 8.91. The first kappa shape index (κ1) is 24.6. The van der Waals surface area contributed by atoms with Gasteiger partial charge < -0.3 is 20.7 Å². The van der Waals surface area contributed by atoms with Crippen LogP contribution in [-0.2, 0) is 4.74 Å². The summed E-state index contributed by atoms with van der Waals surface area (Å²) in [5.74, 6) is 1.19. The van der Waals surface area contributed by atoms with Crippen LogP contribution in [0.1, 0.15) is 37.6 Å². The number of ether oxygens (including phenoxy) is 1. The Morgan fingerprint density at radius 1 is 1.27 bits per heavy atom. The molecule has 0 bridgehead atoms. The lowest BCUT2D eigenvalue weighted by atomic mass is 10.2. The molecule has 0 atom stereocenters. The van der Waals surface area contributed by atoms with E-state index in [4.69, 9.17) is 4.74 Å². The van der Waals surface area contributed by atoms with Gasteiger partial charge in [-0.25, -0.2) is 0 Å². The number of hydrogen-bond donors (Lipinski definition) is 3. The van der Waals surface area contributed by atoms with Crippen LogP contribution in [0.15, 0.2) is 29.5 Å². The summed E-state index contributed by atoms with van der Waals surface area (Å²) in [5, 5.41) is 9.24. The van der Waals surface area contributed by atoms with E-state index in [2.05, 4.69) is 39.8 Å². The van der Waals surface area contributed by atoms with Crippen LogP contribution in [0.5, 0.6) is 0 Å². The highest BCUT2D eigenvalue weighted by Crippen LogP contribution is 1.94. The van der Waals surface area contributed by atoms with Crippen LogP contribution in [0.4, 0.5) is 0 Å². The molecule has 1 rings (SSSR count). The molecular weight excluding hydrogens is 445 g/mol. The number of aromatic nitrogens is 1. The van der Waals surface area contributed by atoms with Gasteiger partial charge in [0, 0.05) is 51.8 Å². The SMILES string of the molecule is CCNC(=NCCCOCC(C)C)NCCNC(=O)c1cccnc1.I. The number of carbonyl (C=O) groups is 1. The lowest BCUT2D eigenvalue weighted by molar-refractivity contribution is 0.0954. The number of nitrogens with one attached hydrogen (secondary N) is 3. The highest BCUT2D eigenvalue weighted by atomic mass is 127. The van der Waals surface area contributed by atoms with Crippen LogP contribution in [0, 0.1) is 5.92 Å². The third-order valence-electron chi connectivity index (χ3n) is 3.14. The van der Waals surface area contributed by atoms with Gasteiger partial charge in [0.25, 0.3) is 5.91 Å². The van der Waals surface area contributed by atoms with Crippen LogP contribution in [0.3, 0.4) is 0 Å². The standard InChI is InChI=1S/C18H31N5O2.HI/c1-4-20-18(22-9-6-12-25-14-15(2)3)23-11-10-21-17(24)16-7-5-8-19-13-16;/h5,7-8,13,15H,4,6,9-12,14H2,1-3H3,(H,21,24)(H2,20,22,23);1H. The second-order valence-corrected chi connectivity index (χ2v) is 6.01. The van der Waals surface area contributed by atoms with E-state index in [1.54, 1.807) is 24.5 Å². The number of hydrogen-bond acceptors (Lipinski definition) is 4. The molecule has 0 aliphatic carbocycles. The third kappa shape index (κ3) is 12.0. The first-order valence-corrected chi connectivity index (χ1v) is 8.91. The molecule has 26 heavy (non-hydrogen) atoms. The smallest absolute Gasteiger partial charge is 0.252 e. The molecular formula is C18H32IN5O2. The van der Waals surface area contributed by atoms with E-state index in [0.29, 0.717) is 31.1 Å². The van der Waals surface area contributed by atoms with Crippen molar-refractivity contribution in [3.05, 3.63) is 30.1 Å². The Bertz CT molecular complexity index is 512. The minimum Gasteiger partial charge on any atom is -0.381 e. The molecule has 1 aromatic rings. The molecule has 148 valence electrons. The van der Waals surface area contributed by atoms with Crippen molar-refractivity contribution in [2.45, 2.75) is 27.2 Å². The average Bonchev–Trinajstić information content (AvgIpc) is 2.61. The highest BCUT2D eigenvalue weighted by Gasteiger charge is 2.04. The van der Waals surface area contributed by atoms with Crippen LogP contribution in [-0.4, -0.2) is 56.2 Å². The number of guanidine groups is 1. The van der Waals surface area contributed by atoms with Crippen LogP contribution in [0.25, 0.3) is 0 Å². The van der Waals surface area contributed by atoms with Crippen molar-refractivity contribution in [1.82, 2.24) is 20.9 Å². The summed E-state index contributed by atoms with van der Waals surface area (Å²) in [7, 11) is 0. The van der Waals surface area contributed by atoms with Gasteiger partial charge in [0.05, 0.1) is 5.56 Å². The van der Waals surface area contributed by atoms with Crippen molar-refractivity contribution in [3.63, 3.8) is 0 Å². The van der Waals surface area contributed by atoms with Gasteiger partial charge in [-0.2, -0.15) is 0 Å². The first-order chi connectivity index (χ1) is 12.1. The van der Waals surface area contributed by atoms with Gasteiger partial charge in [-0.05, 0) is 31.4 Å². The van der Waals surface area contributed by atoms with Crippen LogP contribution < -0.4 is 16.0 Å². The number of amides is 1. The van der Waals surface area contributed by atoms with E-state index in [0.717, 1.165) is 32.1 Å². The van der Waals surface area contributed by atoms with Gasteiger partial charge in [-0.15, -0.1) is 24.0 Å². The van der Waals surface area contributed by atoms with Gasteiger partial charge in [0.2, 0.25) is 0 Å². The van der Waals surface area contributed by atoms with Gasteiger partial charge >= 0.3 is 0 Å². The Hall–Kier alpha value is -1.42. The Labute approximate surface area is 173 Å². The summed E-state index contributed by atoms with van der Waals surface area (Å²) in [6.45, 7) is 10.4. The predicted octanol–water partition coefficient (Wildman–Crippen LogP) is 2.05. The molecule has 1 heterocycles. The topological polar surface area (TPSA) is 87.6 Å². The van der Waals surface area contributed by atoms with Gasteiger partial charge in [-0.3, -0.25) is 14.8 Å². The molecule has 0 aliphatic rings. The zero-order chi connectivity index (χ0) is 18.3. The quantitative estimate of drug-likeness (QED) is 0.197. The number of carbonyl (C=O) groups excluding carboxylic acids is 1. The minimum atomic E-state index is -0.126. The van der Waals surface area contributed by atoms with E-state index in [1.807, 2.05) is 6.92 Å². The molecule has 8 heteroatoms. The molecule has 1 aromatic heterocycles. The largest absolute Gasteiger partial charge is 0.381 e. The minimum absolute atomic E-state index is 0. The zero-order valence-electron chi connectivity index (χ0n) is 16.0. The van der Waals surface area contributed by atoms with E-state index < -0.39 is 0 Å². The molecule has 0 fully saturated rings. The maximum Gasteiger partial charge on any atom is 0.252 e. The molecule has 0 radical (unpaired) electrons. The number of rotatable bonds is 11. The summed E-state index contributed by atoms with van der Waals surface area (Å²) in [5.41, 5.74) is 0.560. The molecule has 0 aromatic carbocycles. The van der Waals surface area contributed by atoms with E-state index in [9.17, 15) is 4.79 Å². The number of pyridine rings is 1. The zero-order valence-corrected chi connectivity index (χ0v) is 18.3. The van der Waals surface area contributed by atoms with Crippen LogP contribution >= 0.6 is 24.0 Å². The summed E-state index contributed by atoms with van der Waals surface area (Å²) in [6, 6.07) is 3.48. The fourth-order valence-corrected chi connectivity index (χ4v) is 1.97. The second kappa shape index (κ2) is 15.8. The monoisotopic (exact) mass is 477 g/mol. The molecule has 0 saturated carbocycles. The van der Waals surface area contributed by atoms with Crippen molar-refractivity contribution >= 4 is 35.8 Å². The van der Waals surface area contributed by atoms with Gasteiger partial charge in [-0.1, -0.05) is 13.8 Å². The molecule has 0 aliphatic heterocycles. The van der Waals surface area contributed by atoms with Gasteiger partial charge in [0.1, 0.15) is 0 Å². The Balaban J connectivity index is 0.00000625. The van der Waals surface area contributed by atoms with E-state index >= 15 is 0 Å². The van der Waals surface area contributed by atoms with Crippen LogP contribution in [0.2, 0.25) is 0 Å². The summed E-state index contributed by atoms with van der Waals surface area (Å²) < 4.78 is 5.54. The lowest BCUT2D eigenvalue weighted by Gasteiger charge is -2.12. The summed E-state index contributed by atoms with van der Waals surface area (Å²) in [6.07, 6.45) is 4.09. The fraction of sp³-hybridized carbons (Fsp3) is 0.611. The Kier molecular flexibility index (Phi) is 14.9. The van der Waals surface area contributed by atoms with Crippen molar-refractivity contribution in [2.24, 2.45) is 10.9 Å².